The van der Waals surface area contributed by atoms with Gasteiger partial charge in [0.2, 0.25) is 5.88 Å². The molecular weight excluding hydrogens is 494 g/mol. The number of hydrogen-bond donors (Lipinski definition) is 1. The standard InChI is InChI=1S/C31H35N3O5/c1-18-15-33(16-19(2)39-18)30(35)23-11-22-13-27(38-3)32-14-25(22)29-28(20-7-5-4-6-8-20)24-10-9-21(31(36)37)12-26(24)34(29)17-23/h9-14,18-20H,4-8,15-17H2,1-3H3,(H,36,37)/t18-,19+. The number of carbonyl (C=O) groups is 2. The molecule has 39 heavy (non-hydrogen) atoms. The molecule has 0 unspecified atom stereocenters. The second-order valence-electron chi connectivity index (χ2n) is 11.2. The van der Waals surface area contributed by atoms with Gasteiger partial charge in [-0.1, -0.05) is 25.3 Å². The van der Waals surface area contributed by atoms with E-state index in [4.69, 9.17) is 9.47 Å². The first kappa shape index (κ1) is 25.6. The Hall–Kier alpha value is -3.65. The molecule has 1 saturated heterocycles. The number of nitrogens with zero attached hydrogens (tertiary/aromatic N) is 3. The Balaban J connectivity index is 1.58. The van der Waals surface area contributed by atoms with Crippen LogP contribution in [-0.2, 0) is 16.1 Å². The average Bonchev–Trinajstić information content (AvgIpc) is 3.14. The van der Waals surface area contributed by atoms with E-state index in [2.05, 4.69) is 9.55 Å². The van der Waals surface area contributed by atoms with Crippen LogP contribution in [0.15, 0.2) is 36.0 Å². The van der Waals surface area contributed by atoms with Crippen LogP contribution in [0.3, 0.4) is 0 Å². The lowest BCUT2D eigenvalue weighted by atomic mass is 9.81. The number of carboxylic acid groups (broad SMARTS) is 1. The van der Waals surface area contributed by atoms with Crippen LogP contribution >= 0.6 is 0 Å². The van der Waals surface area contributed by atoms with E-state index in [1.54, 1.807) is 19.2 Å². The van der Waals surface area contributed by atoms with Gasteiger partial charge in [-0.05, 0) is 61.9 Å². The van der Waals surface area contributed by atoms with Crippen molar-refractivity contribution in [2.75, 3.05) is 20.2 Å². The summed E-state index contributed by atoms with van der Waals surface area (Å²) in [6.07, 6.45) is 9.49. The van der Waals surface area contributed by atoms with E-state index in [1.165, 1.54) is 24.8 Å². The summed E-state index contributed by atoms with van der Waals surface area (Å²) in [5, 5.41) is 10.9. The topological polar surface area (TPSA) is 93.9 Å². The number of ether oxygens (including phenoxy) is 2. The van der Waals surface area contributed by atoms with Gasteiger partial charge >= 0.3 is 5.97 Å². The molecule has 4 heterocycles. The molecule has 1 saturated carbocycles. The van der Waals surface area contributed by atoms with Crippen molar-refractivity contribution in [2.45, 2.75) is 70.6 Å². The predicted molar refractivity (Wildman–Crippen MR) is 149 cm³/mol. The highest BCUT2D eigenvalue weighted by Crippen LogP contribution is 2.46. The highest BCUT2D eigenvalue weighted by molar-refractivity contribution is 6.03. The van der Waals surface area contributed by atoms with Crippen molar-refractivity contribution in [3.63, 3.8) is 0 Å². The molecule has 2 atom stereocenters. The van der Waals surface area contributed by atoms with Crippen LogP contribution in [0.5, 0.6) is 5.88 Å². The summed E-state index contributed by atoms with van der Waals surface area (Å²) in [5.41, 5.74) is 5.84. The zero-order valence-corrected chi connectivity index (χ0v) is 22.8. The number of amides is 1. The lowest BCUT2D eigenvalue weighted by molar-refractivity contribution is -0.139. The molecule has 1 amide bonds. The number of carboxylic acids is 1. The number of aromatic nitrogens is 2. The zero-order valence-electron chi connectivity index (χ0n) is 22.8. The molecule has 8 nitrogen and oxygen atoms in total. The van der Waals surface area contributed by atoms with Crippen molar-refractivity contribution in [3.8, 4) is 17.1 Å². The molecule has 2 fully saturated rings. The number of aromatic carboxylic acids is 1. The number of morpholine rings is 1. The fraction of sp³-hybridized carbons (Fsp3) is 0.452. The van der Waals surface area contributed by atoms with E-state index in [9.17, 15) is 14.7 Å². The van der Waals surface area contributed by atoms with Crippen LogP contribution in [-0.4, -0.2) is 63.8 Å². The average molecular weight is 530 g/mol. The Morgan fingerprint density at radius 2 is 1.82 bits per heavy atom. The van der Waals surface area contributed by atoms with Gasteiger partial charge in [0.15, 0.2) is 0 Å². The minimum Gasteiger partial charge on any atom is -0.481 e. The normalized spacial score (nSPS) is 21.6. The third-order valence-corrected chi connectivity index (χ3v) is 8.38. The largest absolute Gasteiger partial charge is 0.481 e. The van der Waals surface area contributed by atoms with Gasteiger partial charge in [-0.25, -0.2) is 9.78 Å². The summed E-state index contributed by atoms with van der Waals surface area (Å²) >= 11 is 0. The van der Waals surface area contributed by atoms with Crippen LogP contribution < -0.4 is 4.74 Å². The monoisotopic (exact) mass is 529 g/mol. The fourth-order valence-electron chi connectivity index (χ4n) is 6.73. The lowest BCUT2D eigenvalue weighted by Crippen LogP contribution is -2.48. The first-order valence-electron chi connectivity index (χ1n) is 13.9. The van der Waals surface area contributed by atoms with Gasteiger partial charge in [0.25, 0.3) is 5.91 Å². The molecule has 1 N–H and O–H groups in total. The number of methoxy groups -OCH3 is 1. The third kappa shape index (κ3) is 4.61. The van der Waals surface area contributed by atoms with Gasteiger partial charge in [0, 0.05) is 47.4 Å². The van der Waals surface area contributed by atoms with Crippen LogP contribution in [0.1, 0.15) is 73.4 Å². The highest BCUT2D eigenvalue weighted by atomic mass is 16.5. The molecule has 8 heteroatoms. The molecule has 1 aromatic carbocycles. The number of rotatable bonds is 4. The number of benzene rings is 1. The van der Waals surface area contributed by atoms with Crippen molar-refractivity contribution in [2.24, 2.45) is 0 Å². The quantitative estimate of drug-likeness (QED) is 0.480. The summed E-state index contributed by atoms with van der Waals surface area (Å²) in [6.45, 7) is 5.39. The molecule has 0 radical (unpaired) electrons. The molecule has 204 valence electrons. The van der Waals surface area contributed by atoms with Gasteiger partial charge in [0.1, 0.15) is 0 Å². The molecule has 3 aromatic rings. The van der Waals surface area contributed by atoms with Gasteiger partial charge in [-0.2, -0.15) is 0 Å². The van der Waals surface area contributed by atoms with Crippen LogP contribution in [0.25, 0.3) is 28.2 Å². The summed E-state index contributed by atoms with van der Waals surface area (Å²) < 4.78 is 13.5. The smallest absolute Gasteiger partial charge is 0.335 e. The van der Waals surface area contributed by atoms with E-state index in [0.717, 1.165) is 40.6 Å². The second-order valence-corrected chi connectivity index (χ2v) is 11.2. The summed E-state index contributed by atoms with van der Waals surface area (Å²) in [6, 6.07) is 7.31. The van der Waals surface area contributed by atoms with Crippen molar-refractivity contribution >= 4 is 28.9 Å². The van der Waals surface area contributed by atoms with E-state index >= 15 is 0 Å². The van der Waals surface area contributed by atoms with Crippen LogP contribution in [0.2, 0.25) is 0 Å². The zero-order chi connectivity index (χ0) is 27.3. The molecule has 1 aliphatic carbocycles. The van der Waals surface area contributed by atoms with Crippen molar-refractivity contribution in [1.82, 2.24) is 14.5 Å². The molecule has 3 aliphatic rings. The van der Waals surface area contributed by atoms with E-state index in [0.29, 0.717) is 37.0 Å². The fourth-order valence-corrected chi connectivity index (χ4v) is 6.73. The number of carbonyl (C=O) groups excluding carboxylic acids is 1. The van der Waals surface area contributed by atoms with Crippen molar-refractivity contribution in [3.05, 3.63) is 52.7 Å². The van der Waals surface area contributed by atoms with Gasteiger partial charge in [-0.3, -0.25) is 4.79 Å². The summed E-state index contributed by atoms with van der Waals surface area (Å²) in [7, 11) is 1.59. The highest BCUT2D eigenvalue weighted by Gasteiger charge is 2.33. The number of pyridine rings is 1. The SMILES string of the molecule is COc1cc2c(cn1)-c1c(C3CCCCC3)c3ccc(C(=O)O)cc3n1CC(C(=O)N1C[C@@H](C)O[C@@H](C)C1)=C2. The van der Waals surface area contributed by atoms with Crippen LogP contribution in [0, 0.1) is 0 Å². The van der Waals surface area contributed by atoms with Gasteiger partial charge < -0.3 is 24.0 Å². The molecule has 6 rings (SSSR count). The maximum atomic E-state index is 14.0. The number of fused-ring (bicyclic) bond motifs is 5. The Morgan fingerprint density at radius 1 is 1.08 bits per heavy atom. The summed E-state index contributed by atoms with van der Waals surface area (Å²) in [5.74, 6) is -0.138. The first-order valence-corrected chi connectivity index (χ1v) is 13.9. The van der Waals surface area contributed by atoms with E-state index in [1.807, 2.05) is 43.2 Å². The second kappa shape index (κ2) is 10.2. The maximum Gasteiger partial charge on any atom is 0.335 e. The minimum absolute atomic E-state index is 0.0259. The molecule has 0 spiro atoms. The Kier molecular flexibility index (Phi) is 6.67. The van der Waals surface area contributed by atoms with E-state index < -0.39 is 5.97 Å². The molecule has 0 bridgehead atoms. The number of hydrogen-bond acceptors (Lipinski definition) is 5. The predicted octanol–water partition coefficient (Wildman–Crippen LogP) is 5.49. The molecular formula is C31H35N3O5. The van der Waals surface area contributed by atoms with Crippen molar-refractivity contribution < 1.29 is 24.2 Å². The van der Waals surface area contributed by atoms with Crippen LogP contribution in [0.4, 0.5) is 0 Å². The van der Waals surface area contributed by atoms with Crippen molar-refractivity contribution in [1.29, 1.82) is 0 Å². The first-order chi connectivity index (χ1) is 18.8. The minimum atomic E-state index is -0.963. The molecule has 2 aliphatic heterocycles. The Bertz CT molecular complexity index is 1470. The van der Waals surface area contributed by atoms with Gasteiger partial charge in [0.05, 0.1) is 37.1 Å². The van der Waals surface area contributed by atoms with E-state index in [-0.39, 0.29) is 23.7 Å². The molecule has 2 aromatic heterocycles. The lowest BCUT2D eigenvalue weighted by Gasteiger charge is -2.35. The maximum absolute atomic E-state index is 14.0. The Morgan fingerprint density at radius 3 is 2.51 bits per heavy atom. The summed E-state index contributed by atoms with van der Waals surface area (Å²) in [4.78, 5) is 32.5. The Labute approximate surface area is 228 Å². The van der Waals surface area contributed by atoms with Gasteiger partial charge in [-0.15, -0.1) is 0 Å². The third-order valence-electron chi connectivity index (χ3n) is 8.38.